The van der Waals surface area contributed by atoms with Crippen molar-refractivity contribution in [3.8, 4) is 0 Å². The van der Waals surface area contributed by atoms with Crippen LogP contribution in [0.2, 0.25) is 0 Å². The van der Waals surface area contributed by atoms with E-state index >= 15 is 0 Å². The molecule has 0 radical (unpaired) electrons. The summed E-state index contributed by atoms with van der Waals surface area (Å²) >= 11 is 0. The average Bonchev–Trinajstić information content (AvgIpc) is 2.79. The molecule has 0 aromatic carbocycles. The minimum absolute atomic E-state index is 0.131. The Morgan fingerprint density at radius 2 is 2.35 bits per heavy atom. The molecule has 0 spiro atoms. The number of anilines is 1. The number of aromatic nitrogens is 3. The number of aryl methyl sites for hydroxylation is 1. The van der Waals surface area contributed by atoms with Crippen molar-refractivity contribution in [2.75, 3.05) is 11.9 Å². The number of aliphatic hydroxyl groups is 1. The van der Waals surface area contributed by atoms with Crippen molar-refractivity contribution >= 4 is 11.6 Å². The first-order chi connectivity index (χ1) is 9.60. The number of fused-ring (bicyclic) bond motifs is 1. The molecule has 1 fully saturated rings. The molecule has 0 aliphatic heterocycles. The van der Waals surface area contributed by atoms with Crippen LogP contribution in [0.5, 0.6) is 0 Å². The third kappa shape index (κ3) is 2.50. The van der Waals surface area contributed by atoms with Crippen LogP contribution >= 0.6 is 0 Å². The largest absolute Gasteiger partial charge is 0.394 e. The molecule has 2 heterocycles. The highest BCUT2D eigenvalue weighted by atomic mass is 16.3. The lowest BCUT2D eigenvalue weighted by Gasteiger charge is -2.39. The minimum Gasteiger partial charge on any atom is -0.394 e. The summed E-state index contributed by atoms with van der Waals surface area (Å²) in [5, 5.41) is 17.7. The molecule has 0 saturated heterocycles. The maximum Gasteiger partial charge on any atom is 0.243 e. The Morgan fingerprint density at radius 1 is 1.50 bits per heavy atom. The molecule has 3 rings (SSSR count). The third-order valence-electron chi connectivity index (χ3n) is 4.25. The first-order valence-corrected chi connectivity index (χ1v) is 7.32. The van der Waals surface area contributed by atoms with Gasteiger partial charge in [-0.3, -0.25) is 0 Å². The SMILES string of the molecule is Cc1ccc2nc(NC3(CO)CCCC(C)C3)nn2c1. The lowest BCUT2D eigenvalue weighted by atomic mass is 9.77. The van der Waals surface area contributed by atoms with Gasteiger partial charge < -0.3 is 10.4 Å². The van der Waals surface area contributed by atoms with Gasteiger partial charge >= 0.3 is 0 Å². The lowest BCUT2D eigenvalue weighted by Crippen LogP contribution is -2.46. The molecule has 1 aliphatic rings. The zero-order chi connectivity index (χ0) is 14.2. The molecule has 5 heteroatoms. The Balaban J connectivity index is 1.87. The van der Waals surface area contributed by atoms with Gasteiger partial charge in [0.1, 0.15) is 0 Å². The molecule has 20 heavy (non-hydrogen) atoms. The first kappa shape index (κ1) is 13.4. The zero-order valence-electron chi connectivity index (χ0n) is 12.1. The second kappa shape index (κ2) is 5.05. The molecular formula is C15H22N4O. The fourth-order valence-corrected chi connectivity index (χ4v) is 3.23. The van der Waals surface area contributed by atoms with E-state index in [9.17, 15) is 5.11 Å². The molecule has 0 bridgehead atoms. The maximum atomic E-state index is 9.81. The summed E-state index contributed by atoms with van der Waals surface area (Å²) in [6, 6.07) is 3.99. The molecule has 2 aromatic rings. The van der Waals surface area contributed by atoms with Crippen LogP contribution in [0, 0.1) is 12.8 Å². The van der Waals surface area contributed by atoms with Crippen molar-refractivity contribution in [1.82, 2.24) is 14.6 Å². The molecule has 5 nitrogen and oxygen atoms in total. The summed E-state index contributed by atoms with van der Waals surface area (Å²) in [5.74, 6) is 1.24. The van der Waals surface area contributed by atoms with Crippen LogP contribution in [0.4, 0.5) is 5.95 Å². The molecule has 2 atom stereocenters. The highest BCUT2D eigenvalue weighted by molar-refractivity contribution is 5.45. The van der Waals surface area contributed by atoms with Crippen molar-refractivity contribution in [2.45, 2.75) is 45.1 Å². The van der Waals surface area contributed by atoms with Gasteiger partial charge in [0.25, 0.3) is 0 Å². The minimum atomic E-state index is -0.266. The van der Waals surface area contributed by atoms with E-state index in [0.29, 0.717) is 11.9 Å². The highest BCUT2D eigenvalue weighted by Crippen LogP contribution is 2.34. The molecule has 2 aromatic heterocycles. The highest BCUT2D eigenvalue weighted by Gasteiger charge is 2.35. The second-order valence-corrected chi connectivity index (χ2v) is 6.21. The van der Waals surface area contributed by atoms with Gasteiger partial charge in [-0.05, 0) is 37.3 Å². The van der Waals surface area contributed by atoms with Crippen LogP contribution in [0.1, 0.15) is 38.2 Å². The Hall–Kier alpha value is -1.62. The second-order valence-electron chi connectivity index (χ2n) is 6.21. The fourth-order valence-electron chi connectivity index (χ4n) is 3.23. The lowest BCUT2D eigenvalue weighted by molar-refractivity contribution is 0.149. The van der Waals surface area contributed by atoms with Crippen LogP contribution in [-0.2, 0) is 0 Å². The number of pyridine rings is 1. The van der Waals surface area contributed by atoms with Crippen molar-refractivity contribution in [3.05, 3.63) is 23.9 Å². The fraction of sp³-hybridized carbons (Fsp3) is 0.600. The average molecular weight is 274 g/mol. The molecule has 1 aliphatic carbocycles. The van der Waals surface area contributed by atoms with Gasteiger partial charge in [-0.25, -0.2) is 4.52 Å². The molecule has 108 valence electrons. The number of aliphatic hydroxyl groups excluding tert-OH is 1. The van der Waals surface area contributed by atoms with Gasteiger partial charge in [-0.15, -0.1) is 5.10 Å². The standard InChI is InChI=1S/C15H22N4O/c1-11-4-3-7-15(8-11,10-20)17-14-16-13-6-5-12(2)9-19(13)18-14/h5-6,9,11,20H,3-4,7-8,10H2,1-2H3,(H,17,18). The van der Waals surface area contributed by atoms with Crippen LogP contribution in [0.3, 0.4) is 0 Å². The quantitative estimate of drug-likeness (QED) is 0.902. The van der Waals surface area contributed by atoms with Crippen LogP contribution in [0.25, 0.3) is 5.65 Å². The van der Waals surface area contributed by atoms with E-state index in [4.69, 9.17) is 0 Å². The Kier molecular flexibility index (Phi) is 3.38. The Labute approximate surface area is 119 Å². The molecular weight excluding hydrogens is 252 g/mol. The number of nitrogens with one attached hydrogen (secondary N) is 1. The van der Waals surface area contributed by atoms with Crippen LogP contribution in [0.15, 0.2) is 18.3 Å². The van der Waals surface area contributed by atoms with Gasteiger partial charge in [0.05, 0.1) is 12.1 Å². The van der Waals surface area contributed by atoms with E-state index < -0.39 is 0 Å². The zero-order valence-corrected chi connectivity index (χ0v) is 12.1. The van der Waals surface area contributed by atoms with E-state index in [1.54, 1.807) is 4.52 Å². The van der Waals surface area contributed by atoms with E-state index in [1.807, 2.05) is 25.3 Å². The van der Waals surface area contributed by atoms with E-state index in [2.05, 4.69) is 22.3 Å². The van der Waals surface area contributed by atoms with Gasteiger partial charge in [-0.1, -0.05) is 25.8 Å². The van der Waals surface area contributed by atoms with Gasteiger partial charge in [0.15, 0.2) is 5.65 Å². The van der Waals surface area contributed by atoms with Gasteiger partial charge in [0.2, 0.25) is 5.95 Å². The first-order valence-electron chi connectivity index (χ1n) is 7.32. The van der Waals surface area contributed by atoms with E-state index in [1.165, 1.54) is 6.42 Å². The topological polar surface area (TPSA) is 62.5 Å². The van der Waals surface area contributed by atoms with Gasteiger partial charge in [-0.2, -0.15) is 4.98 Å². The molecule has 1 saturated carbocycles. The third-order valence-corrected chi connectivity index (χ3v) is 4.25. The maximum absolute atomic E-state index is 9.81. The van der Waals surface area contributed by atoms with Crippen molar-refractivity contribution < 1.29 is 5.11 Å². The molecule has 2 unspecified atom stereocenters. The van der Waals surface area contributed by atoms with Crippen molar-refractivity contribution in [2.24, 2.45) is 5.92 Å². The number of hydrogen-bond donors (Lipinski definition) is 2. The summed E-state index contributed by atoms with van der Waals surface area (Å²) in [6.07, 6.45) is 6.28. The van der Waals surface area contributed by atoms with Crippen LogP contribution < -0.4 is 5.32 Å². The summed E-state index contributed by atoms with van der Waals surface area (Å²) in [4.78, 5) is 4.50. The van der Waals surface area contributed by atoms with Crippen LogP contribution in [-0.4, -0.2) is 31.9 Å². The van der Waals surface area contributed by atoms with E-state index in [-0.39, 0.29) is 12.1 Å². The number of rotatable bonds is 3. The summed E-state index contributed by atoms with van der Waals surface area (Å²) in [5.41, 5.74) is 1.71. The normalized spacial score (nSPS) is 26.9. The Bertz CT molecular complexity index is 609. The predicted octanol–water partition coefficient (Wildman–Crippen LogP) is 2.39. The summed E-state index contributed by atoms with van der Waals surface area (Å²) < 4.78 is 1.79. The molecule has 0 amide bonds. The number of nitrogens with zero attached hydrogens (tertiary/aromatic N) is 3. The molecule has 2 N–H and O–H groups in total. The van der Waals surface area contributed by atoms with Crippen molar-refractivity contribution in [3.63, 3.8) is 0 Å². The van der Waals surface area contributed by atoms with Crippen molar-refractivity contribution in [1.29, 1.82) is 0 Å². The summed E-state index contributed by atoms with van der Waals surface area (Å²) in [7, 11) is 0. The predicted molar refractivity (Wildman–Crippen MR) is 78.8 cm³/mol. The smallest absolute Gasteiger partial charge is 0.243 e. The van der Waals surface area contributed by atoms with E-state index in [0.717, 1.165) is 30.5 Å². The monoisotopic (exact) mass is 274 g/mol. The Morgan fingerprint density at radius 3 is 3.10 bits per heavy atom. The number of hydrogen-bond acceptors (Lipinski definition) is 4. The van der Waals surface area contributed by atoms with Gasteiger partial charge in [0, 0.05) is 6.20 Å². The summed E-state index contributed by atoms with van der Waals surface area (Å²) in [6.45, 7) is 4.41.